The van der Waals surface area contributed by atoms with E-state index < -0.39 is 10.0 Å². The number of rotatable bonds is 3. The molecular weight excluding hydrogens is 382 g/mol. The highest BCUT2D eigenvalue weighted by Gasteiger charge is 2.22. The van der Waals surface area contributed by atoms with Crippen molar-refractivity contribution in [1.82, 2.24) is 3.97 Å². The second kappa shape index (κ2) is 6.94. The zero-order valence-electron chi connectivity index (χ0n) is 15.5. The number of fused-ring (bicyclic) bond motifs is 1. The minimum absolute atomic E-state index is 0.175. The third-order valence-corrected chi connectivity index (χ3v) is 6.49. The highest BCUT2D eigenvalue weighted by molar-refractivity contribution is 7.90. The van der Waals surface area contributed by atoms with Gasteiger partial charge in [-0.05, 0) is 48.9 Å². The van der Waals surface area contributed by atoms with Crippen LogP contribution in [0.1, 0.15) is 16.7 Å². The number of benzene rings is 3. The molecule has 6 heteroatoms. The Morgan fingerprint density at radius 1 is 0.828 bits per heavy atom. The summed E-state index contributed by atoms with van der Waals surface area (Å²) < 4.78 is 27.9. The molecule has 0 aliphatic rings. The Hall–Kier alpha value is -3.87. The van der Waals surface area contributed by atoms with E-state index in [1.54, 1.807) is 72.9 Å². The van der Waals surface area contributed by atoms with Crippen LogP contribution in [0.25, 0.3) is 22.0 Å². The van der Waals surface area contributed by atoms with Crippen molar-refractivity contribution in [2.45, 2.75) is 11.8 Å². The molecule has 3 aromatic carbocycles. The van der Waals surface area contributed by atoms with Crippen molar-refractivity contribution in [2.75, 3.05) is 0 Å². The first kappa shape index (κ1) is 18.5. The van der Waals surface area contributed by atoms with Crippen molar-refractivity contribution in [2.24, 2.45) is 0 Å². The van der Waals surface area contributed by atoms with Gasteiger partial charge in [-0.25, -0.2) is 12.4 Å². The maximum absolute atomic E-state index is 13.3. The van der Waals surface area contributed by atoms with Crippen molar-refractivity contribution in [1.29, 1.82) is 10.5 Å². The number of aryl methyl sites for hydroxylation is 1. The van der Waals surface area contributed by atoms with E-state index in [1.165, 1.54) is 3.97 Å². The Kier molecular flexibility index (Phi) is 4.43. The second-order valence-corrected chi connectivity index (χ2v) is 8.50. The molecule has 0 aliphatic carbocycles. The van der Waals surface area contributed by atoms with Crippen LogP contribution < -0.4 is 0 Å². The zero-order valence-corrected chi connectivity index (χ0v) is 16.3. The van der Waals surface area contributed by atoms with Crippen molar-refractivity contribution in [3.8, 4) is 23.3 Å². The smallest absolute Gasteiger partial charge is 0.240 e. The third-order valence-electron chi connectivity index (χ3n) is 4.80. The van der Waals surface area contributed by atoms with E-state index in [4.69, 9.17) is 5.26 Å². The molecule has 4 rings (SSSR count). The van der Waals surface area contributed by atoms with Gasteiger partial charge < -0.3 is 0 Å². The summed E-state index contributed by atoms with van der Waals surface area (Å²) in [6.07, 6.45) is 1.57. The van der Waals surface area contributed by atoms with Crippen LogP contribution in [0.5, 0.6) is 0 Å². The van der Waals surface area contributed by atoms with E-state index >= 15 is 0 Å². The summed E-state index contributed by atoms with van der Waals surface area (Å²) in [6.45, 7) is 1.89. The van der Waals surface area contributed by atoms with Crippen LogP contribution in [-0.2, 0) is 10.0 Å². The van der Waals surface area contributed by atoms with Gasteiger partial charge in [-0.1, -0.05) is 35.9 Å². The topological polar surface area (TPSA) is 86.7 Å². The van der Waals surface area contributed by atoms with Crippen LogP contribution >= 0.6 is 0 Å². The zero-order chi connectivity index (χ0) is 20.6. The van der Waals surface area contributed by atoms with Crippen molar-refractivity contribution < 1.29 is 8.42 Å². The van der Waals surface area contributed by atoms with E-state index in [9.17, 15) is 13.7 Å². The molecule has 0 radical (unpaired) electrons. The number of nitrogens with zero attached hydrogens (tertiary/aromatic N) is 3. The minimum Gasteiger partial charge on any atom is -0.240 e. The fraction of sp³-hybridized carbons (Fsp3) is 0.0435. The first-order chi connectivity index (χ1) is 13.9. The van der Waals surface area contributed by atoms with Gasteiger partial charge in [0.15, 0.2) is 0 Å². The Morgan fingerprint density at radius 3 is 2.07 bits per heavy atom. The first-order valence-corrected chi connectivity index (χ1v) is 10.3. The number of aromatic nitrogens is 1. The largest absolute Gasteiger partial charge is 0.268 e. The quantitative estimate of drug-likeness (QED) is 0.506. The summed E-state index contributed by atoms with van der Waals surface area (Å²) >= 11 is 0. The number of hydrogen-bond donors (Lipinski definition) is 0. The summed E-state index contributed by atoms with van der Waals surface area (Å²) in [5.41, 5.74) is 3.80. The Bertz CT molecular complexity index is 1420. The van der Waals surface area contributed by atoms with Crippen LogP contribution in [0.2, 0.25) is 0 Å². The van der Waals surface area contributed by atoms with Gasteiger partial charge in [0.1, 0.15) is 0 Å². The van der Waals surface area contributed by atoms with Gasteiger partial charge in [0.25, 0.3) is 10.0 Å². The molecule has 0 spiro atoms. The third kappa shape index (κ3) is 3.16. The average molecular weight is 397 g/mol. The Morgan fingerprint density at radius 2 is 1.45 bits per heavy atom. The lowest BCUT2D eigenvalue weighted by Crippen LogP contribution is -2.11. The Labute approximate surface area is 168 Å². The lowest BCUT2D eigenvalue weighted by atomic mass is 10.0. The van der Waals surface area contributed by atoms with Crippen LogP contribution in [0.15, 0.2) is 77.8 Å². The molecule has 4 aromatic rings. The van der Waals surface area contributed by atoms with Gasteiger partial charge in [-0.3, -0.25) is 0 Å². The van der Waals surface area contributed by atoms with Crippen molar-refractivity contribution in [3.05, 3.63) is 89.6 Å². The predicted molar refractivity (Wildman–Crippen MR) is 111 cm³/mol. The van der Waals surface area contributed by atoms with Crippen LogP contribution in [0.4, 0.5) is 0 Å². The minimum atomic E-state index is -3.85. The molecular formula is C23H15N3O2S. The molecule has 0 N–H and O–H groups in total. The normalized spacial score (nSPS) is 11.1. The lowest BCUT2D eigenvalue weighted by Gasteiger charge is -2.08. The molecule has 0 saturated heterocycles. The highest BCUT2D eigenvalue weighted by Crippen LogP contribution is 2.33. The van der Waals surface area contributed by atoms with Crippen LogP contribution in [-0.4, -0.2) is 12.4 Å². The van der Waals surface area contributed by atoms with Gasteiger partial charge in [0.2, 0.25) is 0 Å². The van der Waals surface area contributed by atoms with E-state index in [-0.39, 0.29) is 4.90 Å². The molecule has 0 fully saturated rings. The Balaban J connectivity index is 2.00. The van der Waals surface area contributed by atoms with Gasteiger partial charge in [0, 0.05) is 17.1 Å². The van der Waals surface area contributed by atoms with E-state index in [0.29, 0.717) is 27.6 Å². The summed E-state index contributed by atoms with van der Waals surface area (Å²) in [6, 6.07) is 22.7. The lowest BCUT2D eigenvalue weighted by molar-refractivity contribution is 0.589. The SMILES string of the molecule is Cc1ccc(S(=O)(=O)n2cc(-c3ccc(C#N)cc3)c3ccc(C#N)cc32)cc1. The summed E-state index contributed by atoms with van der Waals surface area (Å²) in [5, 5.41) is 19.0. The van der Waals surface area contributed by atoms with E-state index in [2.05, 4.69) is 12.1 Å². The standard InChI is InChI=1S/C23H15N3O2S/c1-16-2-9-20(10-3-16)29(27,28)26-15-22(19-7-4-17(13-24)5-8-19)21-11-6-18(14-25)12-23(21)26/h2-12,15H,1H3. The van der Waals surface area contributed by atoms with Crippen LogP contribution in [0, 0.1) is 29.6 Å². The molecule has 0 saturated carbocycles. The average Bonchev–Trinajstić information content (AvgIpc) is 3.13. The number of nitriles is 2. The molecule has 0 bridgehead atoms. The molecule has 140 valence electrons. The molecule has 1 aromatic heterocycles. The summed E-state index contributed by atoms with van der Waals surface area (Å²) in [5.74, 6) is 0. The molecule has 1 heterocycles. The van der Waals surface area contributed by atoms with Gasteiger partial charge in [-0.15, -0.1) is 0 Å². The van der Waals surface area contributed by atoms with Gasteiger partial charge >= 0.3 is 0 Å². The first-order valence-electron chi connectivity index (χ1n) is 8.82. The van der Waals surface area contributed by atoms with E-state index in [0.717, 1.165) is 11.1 Å². The van der Waals surface area contributed by atoms with Crippen molar-refractivity contribution in [3.63, 3.8) is 0 Å². The molecule has 5 nitrogen and oxygen atoms in total. The maximum Gasteiger partial charge on any atom is 0.268 e. The second-order valence-electron chi connectivity index (χ2n) is 6.69. The van der Waals surface area contributed by atoms with Gasteiger partial charge in [-0.2, -0.15) is 10.5 Å². The fourth-order valence-corrected chi connectivity index (χ4v) is 4.61. The predicted octanol–water partition coefficient (Wildman–Crippen LogP) is 4.60. The van der Waals surface area contributed by atoms with Crippen LogP contribution in [0.3, 0.4) is 0 Å². The molecule has 0 amide bonds. The van der Waals surface area contributed by atoms with Crippen molar-refractivity contribution >= 4 is 20.9 Å². The number of hydrogen-bond acceptors (Lipinski definition) is 4. The monoisotopic (exact) mass is 397 g/mol. The van der Waals surface area contributed by atoms with Gasteiger partial charge in [0.05, 0.1) is 33.7 Å². The highest BCUT2D eigenvalue weighted by atomic mass is 32.2. The summed E-state index contributed by atoms with van der Waals surface area (Å²) in [7, 11) is -3.85. The molecule has 29 heavy (non-hydrogen) atoms. The molecule has 0 aliphatic heterocycles. The maximum atomic E-state index is 13.3. The molecule has 0 unspecified atom stereocenters. The fourth-order valence-electron chi connectivity index (χ4n) is 3.24. The molecule has 0 atom stereocenters. The van der Waals surface area contributed by atoms with E-state index in [1.807, 2.05) is 6.92 Å². The summed E-state index contributed by atoms with van der Waals surface area (Å²) in [4.78, 5) is 0.175.